The molecule has 0 saturated heterocycles. The minimum atomic E-state index is -0.831. The quantitative estimate of drug-likeness (QED) is 0.428. The highest BCUT2D eigenvalue weighted by atomic mass is 79.9. The van der Waals surface area contributed by atoms with E-state index in [1.165, 1.54) is 18.9 Å². The lowest BCUT2D eigenvalue weighted by atomic mass is 10.2. The van der Waals surface area contributed by atoms with E-state index in [9.17, 15) is 9.59 Å². The van der Waals surface area contributed by atoms with Crippen molar-refractivity contribution in [3.05, 3.63) is 22.7 Å². The molecule has 3 N–H and O–H groups in total. The van der Waals surface area contributed by atoms with Crippen LogP contribution in [0.5, 0.6) is 0 Å². The fourth-order valence-corrected chi connectivity index (χ4v) is 2.92. The summed E-state index contributed by atoms with van der Waals surface area (Å²) in [5, 5.41) is 2.52. The van der Waals surface area contributed by atoms with Gasteiger partial charge in [0, 0.05) is 26.5 Å². The Balaban J connectivity index is -0.000000661. The number of benzene rings is 1. The van der Waals surface area contributed by atoms with Gasteiger partial charge in [-0.1, -0.05) is 15.9 Å². The highest BCUT2D eigenvalue weighted by Gasteiger charge is 2.25. The molecular weight excluding hydrogens is 384 g/mol. The van der Waals surface area contributed by atoms with Crippen LogP contribution in [0.25, 0.3) is 0 Å². The predicted octanol–water partition coefficient (Wildman–Crippen LogP) is 4.17. The van der Waals surface area contributed by atoms with E-state index in [1.807, 2.05) is 12.1 Å². The number of amides is 1. The van der Waals surface area contributed by atoms with Crippen LogP contribution < -0.4 is 11.1 Å². The van der Waals surface area contributed by atoms with Crippen LogP contribution in [0.1, 0.15) is 26.5 Å². The van der Waals surface area contributed by atoms with Gasteiger partial charge in [-0.25, -0.2) is 9.59 Å². The first-order valence-corrected chi connectivity index (χ1v) is 8.65. The number of esters is 1. The molecule has 0 aliphatic heterocycles. The molecule has 0 spiro atoms. The van der Waals surface area contributed by atoms with E-state index in [-0.39, 0.29) is 11.5 Å². The third-order valence-corrected chi connectivity index (χ3v) is 4.23. The number of thioether (sulfide) groups is 1. The van der Waals surface area contributed by atoms with Gasteiger partial charge in [-0.15, -0.1) is 11.8 Å². The summed E-state index contributed by atoms with van der Waals surface area (Å²) >= 11 is 4.68. The van der Waals surface area contributed by atoms with E-state index in [4.69, 9.17) is 15.2 Å². The van der Waals surface area contributed by atoms with Crippen molar-refractivity contribution < 1.29 is 24.8 Å². The van der Waals surface area contributed by atoms with Gasteiger partial charge in [0.1, 0.15) is 11.6 Å². The van der Waals surface area contributed by atoms with E-state index < -0.39 is 23.7 Å². The predicted molar refractivity (Wildman–Crippen MR) is 103 cm³/mol. The second-order valence-electron chi connectivity index (χ2n) is 5.72. The molecule has 0 saturated carbocycles. The SMILES string of the molecule is COC(=O)[C@H](CSc1ccc(Br)cc1N)NC(=O)OC(C)(C)C.[HH].[HH].[HH].[HH]. The van der Waals surface area contributed by atoms with Crippen molar-refractivity contribution >= 4 is 45.4 Å². The largest absolute Gasteiger partial charge is 0.467 e. The van der Waals surface area contributed by atoms with Crippen molar-refractivity contribution in [1.29, 1.82) is 0 Å². The van der Waals surface area contributed by atoms with Crippen molar-refractivity contribution in [2.24, 2.45) is 0 Å². The van der Waals surface area contributed by atoms with Gasteiger partial charge in [-0.3, -0.25) is 0 Å². The van der Waals surface area contributed by atoms with Gasteiger partial charge in [0.15, 0.2) is 0 Å². The molecular formula is C15H29BrN2O4S. The molecule has 1 aromatic rings. The second-order valence-corrected chi connectivity index (χ2v) is 7.69. The van der Waals surface area contributed by atoms with Crippen LogP contribution >= 0.6 is 27.7 Å². The van der Waals surface area contributed by atoms with Crippen molar-refractivity contribution in [2.45, 2.75) is 37.3 Å². The number of rotatable bonds is 5. The lowest BCUT2D eigenvalue weighted by Gasteiger charge is -2.22. The smallest absolute Gasteiger partial charge is 0.408 e. The third-order valence-electron chi connectivity index (χ3n) is 2.55. The average molecular weight is 413 g/mol. The van der Waals surface area contributed by atoms with Crippen LogP contribution in [-0.4, -0.2) is 36.6 Å². The number of hydrogen-bond donors (Lipinski definition) is 2. The Kier molecular flexibility index (Phi) is 7.21. The number of nitrogens with two attached hydrogens (primary N) is 1. The van der Waals surface area contributed by atoms with Crippen LogP contribution in [0.15, 0.2) is 27.6 Å². The maximum atomic E-state index is 11.8. The Morgan fingerprint density at radius 3 is 2.61 bits per heavy atom. The Morgan fingerprint density at radius 1 is 1.43 bits per heavy atom. The normalized spacial score (nSPS) is 12.4. The first kappa shape index (κ1) is 19.6. The number of ether oxygens (including phenoxy) is 2. The lowest BCUT2D eigenvalue weighted by molar-refractivity contribution is -0.142. The summed E-state index contributed by atoms with van der Waals surface area (Å²) in [4.78, 5) is 24.5. The molecule has 0 bridgehead atoms. The van der Waals surface area contributed by atoms with Gasteiger partial charge in [0.05, 0.1) is 7.11 Å². The maximum Gasteiger partial charge on any atom is 0.408 e. The molecule has 0 heterocycles. The molecule has 1 rings (SSSR count). The number of halogens is 1. The summed E-state index contributed by atoms with van der Waals surface area (Å²) in [5.41, 5.74) is 5.87. The zero-order valence-electron chi connectivity index (χ0n) is 13.5. The number of nitrogens with one attached hydrogen (secondary N) is 1. The topological polar surface area (TPSA) is 90.6 Å². The maximum absolute atomic E-state index is 11.8. The fourth-order valence-electron chi connectivity index (χ4n) is 1.58. The molecule has 0 aromatic heterocycles. The molecule has 0 unspecified atom stereocenters. The van der Waals surface area contributed by atoms with Gasteiger partial charge in [-0.05, 0) is 39.0 Å². The molecule has 1 aromatic carbocycles. The Hall–Kier alpha value is -1.41. The molecule has 8 heteroatoms. The van der Waals surface area contributed by atoms with E-state index in [0.717, 1.165) is 9.37 Å². The highest BCUT2D eigenvalue weighted by molar-refractivity contribution is 9.10. The number of methoxy groups -OCH3 is 1. The summed E-state index contributed by atoms with van der Waals surface area (Å²) < 4.78 is 10.7. The number of nitrogen functional groups attached to an aromatic ring is 1. The second kappa shape index (κ2) is 8.44. The number of anilines is 1. The molecule has 0 radical (unpaired) electrons. The minimum Gasteiger partial charge on any atom is -0.467 e. The monoisotopic (exact) mass is 412 g/mol. The molecule has 1 amide bonds. The molecule has 23 heavy (non-hydrogen) atoms. The average Bonchev–Trinajstić information content (AvgIpc) is 2.42. The van der Waals surface area contributed by atoms with Gasteiger partial charge in [0.25, 0.3) is 0 Å². The fraction of sp³-hybridized carbons (Fsp3) is 0.467. The van der Waals surface area contributed by atoms with Crippen LogP contribution in [0, 0.1) is 0 Å². The van der Waals surface area contributed by atoms with Gasteiger partial charge in [0.2, 0.25) is 0 Å². The molecule has 0 fully saturated rings. The van der Waals surface area contributed by atoms with E-state index in [2.05, 4.69) is 21.2 Å². The van der Waals surface area contributed by atoms with Gasteiger partial charge < -0.3 is 20.5 Å². The first-order chi connectivity index (χ1) is 10.6. The third kappa shape index (κ3) is 7.13. The van der Waals surface area contributed by atoms with Crippen LogP contribution in [0.2, 0.25) is 0 Å². The van der Waals surface area contributed by atoms with Gasteiger partial charge in [-0.2, -0.15) is 0 Å². The summed E-state index contributed by atoms with van der Waals surface area (Å²) in [6.07, 6.45) is -0.669. The van der Waals surface area contributed by atoms with Crippen molar-refractivity contribution in [2.75, 3.05) is 18.6 Å². The molecule has 6 nitrogen and oxygen atoms in total. The Morgan fingerprint density at radius 2 is 2.09 bits per heavy atom. The molecule has 0 aliphatic carbocycles. The lowest BCUT2D eigenvalue weighted by Crippen LogP contribution is -2.45. The number of hydrogen-bond acceptors (Lipinski definition) is 6. The standard InChI is InChI=1S/C15H21BrN2O4S.4H2/c1-15(2,3)22-14(20)18-11(13(19)21-4)8-23-12-6-5-9(16)7-10(12)17;;;;/h5-7,11H,8,17H2,1-4H3,(H,18,20);4*1H/t11-;;;;/m0..../s1. The van der Waals surface area contributed by atoms with E-state index in [1.54, 1.807) is 26.8 Å². The molecule has 136 valence electrons. The summed E-state index contributed by atoms with van der Waals surface area (Å²) in [5.74, 6) is -0.267. The molecule has 0 aliphatic rings. The Bertz CT molecular complexity index is 591. The number of carbonyl (C=O) groups excluding carboxylic acids is 2. The van der Waals surface area contributed by atoms with E-state index in [0.29, 0.717) is 5.69 Å². The van der Waals surface area contributed by atoms with Crippen molar-refractivity contribution in [3.8, 4) is 0 Å². The van der Waals surface area contributed by atoms with Gasteiger partial charge >= 0.3 is 12.1 Å². The zero-order valence-corrected chi connectivity index (χ0v) is 15.9. The highest BCUT2D eigenvalue weighted by Crippen LogP contribution is 2.28. The van der Waals surface area contributed by atoms with Crippen LogP contribution in [0.3, 0.4) is 0 Å². The minimum absolute atomic E-state index is 0. The molecule has 1 atom stereocenters. The summed E-state index contributed by atoms with van der Waals surface area (Å²) in [7, 11) is 1.27. The zero-order chi connectivity index (χ0) is 17.6. The first-order valence-electron chi connectivity index (χ1n) is 6.87. The number of alkyl carbamates (subject to hydrolysis) is 1. The van der Waals surface area contributed by atoms with Crippen LogP contribution in [0.4, 0.5) is 10.5 Å². The summed E-state index contributed by atoms with van der Waals surface area (Å²) in [6, 6.07) is 4.64. The number of carbonyl (C=O) groups is 2. The van der Waals surface area contributed by atoms with Crippen LogP contribution in [-0.2, 0) is 14.3 Å². The van der Waals surface area contributed by atoms with Crippen molar-refractivity contribution in [1.82, 2.24) is 5.32 Å². The Labute approximate surface area is 154 Å². The van der Waals surface area contributed by atoms with E-state index >= 15 is 0 Å². The van der Waals surface area contributed by atoms with Crippen molar-refractivity contribution in [3.63, 3.8) is 0 Å². The summed E-state index contributed by atoms with van der Waals surface area (Å²) in [6.45, 7) is 5.24.